The van der Waals surface area contributed by atoms with Crippen molar-refractivity contribution < 1.29 is 14.4 Å². The minimum atomic E-state index is -0.332. The molecule has 124 valence electrons. The molecular formula is C19H20N2O3. The van der Waals surface area contributed by atoms with Crippen LogP contribution in [0.3, 0.4) is 0 Å². The van der Waals surface area contributed by atoms with Crippen LogP contribution in [0.1, 0.15) is 18.9 Å². The fourth-order valence-electron chi connectivity index (χ4n) is 4.29. The van der Waals surface area contributed by atoms with Crippen LogP contribution >= 0.6 is 0 Å². The second kappa shape index (κ2) is 5.58. The summed E-state index contributed by atoms with van der Waals surface area (Å²) >= 11 is 0. The number of anilines is 1. The van der Waals surface area contributed by atoms with E-state index in [2.05, 4.69) is 24.4 Å². The number of nitrogens with one attached hydrogen (secondary N) is 1. The molecule has 2 bridgehead atoms. The Morgan fingerprint density at radius 3 is 2.21 bits per heavy atom. The third-order valence-electron chi connectivity index (χ3n) is 5.51. The summed E-state index contributed by atoms with van der Waals surface area (Å²) in [6.45, 7) is 1.87. The molecule has 2 fully saturated rings. The Morgan fingerprint density at radius 2 is 1.67 bits per heavy atom. The number of allylic oxidation sites excluding steroid dienone is 2. The van der Waals surface area contributed by atoms with Crippen LogP contribution in [-0.2, 0) is 20.8 Å². The second-order valence-electron chi connectivity index (χ2n) is 6.86. The molecule has 1 aromatic rings. The summed E-state index contributed by atoms with van der Waals surface area (Å²) in [5, 5.41) is 2.76. The van der Waals surface area contributed by atoms with Crippen LogP contribution in [0.5, 0.6) is 0 Å². The lowest BCUT2D eigenvalue weighted by molar-refractivity contribution is -0.143. The maximum absolute atomic E-state index is 12.5. The summed E-state index contributed by atoms with van der Waals surface area (Å²) in [7, 11) is 0. The SMILES string of the molecule is CCc1ccc(NC(=O)CN2C(=O)[C@H]3[C@H](C2=O)[C@H]2C=C[C@H]3C2)cc1. The number of carbonyl (C=O) groups excluding carboxylic acids is 3. The number of benzene rings is 1. The van der Waals surface area contributed by atoms with E-state index in [0.29, 0.717) is 5.69 Å². The monoisotopic (exact) mass is 324 g/mol. The zero-order chi connectivity index (χ0) is 16.8. The average molecular weight is 324 g/mol. The second-order valence-corrected chi connectivity index (χ2v) is 6.86. The molecule has 1 saturated carbocycles. The smallest absolute Gasteiger partial charge is 0.244 e. The van der Waals surface area contributed by atoms with Crippen molar-refractivity contribution in [3.63, 3.8) is 0 Å². The number of nitrogens with zero attached hydrogens (tertiary/aromatic N) is 1. The first-order valence-corrected chi connectivity index (χ1v) is 8.51. The largest absolute Gasteiger partial charge is 0.325 e. The summed E-state index contributed by atoms with van der Waals surface area (Å²) in [6, 6.07) is 7.58. The molecule has 4 rings (SSSR count). The molecule has 1 heterocycles. The Kier molecular flexibility index (Phi) is 3.52. The van der Waals surface area contributed by atoms with Crippen molar-refractivity contribution in [2.24, 2.45) is 23.7 Å². The summed E-state index contributed by atoms with van der Waals surface area (Å²) in [4.78, 5) is 38.5. The minimum absolute atomic E-state index is 0.172. The van der Waals surface area contributed by atoms with Gasteiger partial charge in [-0.05, 0) is 42.4 Å². The zero-order valence-corrected chi connectivity index (χ0v) is 13.6. The number of aryl methyl sites for hydroxylation is 1. The maximum Gasteiger partial charge on any atom is 0.244 e. The van der Waals surface area contributed by atoms with Gasteiger partial charge in [0.2, 0.25) is 17.7 Å². The van der Waals surface area contributed by atoms with Gasteiger partial charge in [-0.2, -0.15) is 0 Å². The zero-order valence-electron chi connectivity index (χ0n) is 13.6. The van der Waals surface area contributed by atoms with E-state index in [-0.39, 0.29) is 47.9 Å². The predicted octanol–water partition coefficient (Wildman–Crippen LogP) is 1.99. The Labute approximate surface area is 140 Å². The fourth-order valence-corrected chi connectivity index (χ4v) is 4.29. The van der Waals surface area contributed by atoms with Gasteiger partial charge in [-0.15, -0.1) is 0 Å². The quantitative estimate of drug-likeness (QED) is 0.680. The van der Waals surface area contributed by atoms with Crippen molar-refractivity contribution in [1.82, 2.24) is 4.90 Å². The number of fused-ring (bicyclic) bond motifs is 5. The lowest BCUT2D eigenvalue weighted by Crippen LogP contribution is -2.39. The van der Waals surface area contributed by atoms with E-state index in [4.69, 9.17) is 0 Å². The lowest BCUT2D eigenvalue weighted by atomic mass is 9.85. The van der Waals surface area contributed by atoms with Gasteiger partial charge in [0.25, 0.3) is 0 Å². The first-order valence-electron chi connectivity index (χ1n) is 8.51. The van der Waals surface area contributed by atoms with E-state index in [1.807, 2.05) is 24.3 Å². The van der Waals surface area contributed by atoms with Gasteiger partial charge in [-0.1, -0.05) is 31.2 Å². The van der Waals surface area contributed by atoms with Crippen LogP contribution < -0.4 is 5.32 Å². The van der Waals surface area contributed by atoms with Crippen molar-refractivity contribution in [3.8, 4) is 0 Å². The van der Waals surface area contributed by atoms with E-state index in [1.165, 1.54) is 5.56 Å². The van der Waals surface area contributed by atoms with E-state index in [9.17, 15) is 14.4 Å². The summed E-state index contributed by atoms with van der Waals surface area (Å²) in [5.41, 5.74) is 1.87. The molecule has 0 radical (unpaired) electrons. The molecule has 1 aromatic carbocycles. The average Bonchev–Trinajstić information content (AvgIpc) is 3.25. The first-order chi connectivity index (χ1) is 11.6. The Balaban J connectivity index is 1.43. The highest BCUT2D eigenvalue weighted by atomic mass is 16.2. The maximum atomic E-state index is 12.5. The van der Waals surface area contributed by atoms with Crippen molar-refractivity contribution in [1.29, 1.82) is 0 Å². The molecule has 1 N–H and O–H groups in total. The van der Waals surface area contributed by atoms with Crippen LogP contribution in [-0.4, -0.2) is 29.2 Å². The molecule has 2 aliphatic carbocycles. The Morgan fingerprint density at radius 1 is 1.08 bits per heavy atom. The number of carbonyl (C=O) groups is 3. The van der Waals surface area contributed by atoms with Crippen LogP contribution in [0, 0.1) is 23.7 Å². The number of likely N-dealkylation sites (tertiary alicyclic amines) is 1. The van der Waals surface area contributed by atoms with E-state index >= 15 is 0 Å². The van der Waals surface area contributed by atoms with Gasteiger partial charge in [-0.3, -0.25) is 19.3 Å². The molecule has 0 aromatic heterocycles. The normalized spacial score (nSPS) is 30.1. The molecule has 24 heavy (non-hydrogen) atoms. The Bertz CT molecular complexity index is 707. The fraction of sp³-hybridized carbons (Fsp3) is 0.421. The molecule has 3 amide bonds. The molecule has 1 saturated heterocycles. The molecule has 0 unspecified atom stereocenters. The highest BCUT2D eigenvalue weighted by molar-refractivity contribution is 6.09. The third kappa shape index (κ3) is 2.27. The lowest BCUT2D eigenvalue weighted by Gasteiger charge is -2.16. The van der Waals surface area contributed by atoms with Gasteiger partial charge in [0.1, 0.15) is 6.54 Å². The Hall–Kier alpha value is -2.43. The molecule has 0 spiro atoms. The minimum Gasteiger partial charge on any atom is -0.325 e. The summed E-state index contributed by atoms with van der Waals surface area (Å²) < 4.78 is 0. The molecule has 1 aliphatic heterocycles. The van der Waals surface area contributed by atoms with Gasteiger partial charge >= 0.3 is 0 Å². The van der Waals surface area contributed by atoms with Gasteiger partial charge in [0, 0.05) is 5.69 Å². The molecule has 4 atom stereocenters. The van der Waals surface area contributed by atoms with E-state index < -0.39 is 0 Å². The van der Waals surface area contributed by atoms with E-state index in [1.54, 1.807) is 0 Å². The molecule has 3 aliphatic rings. The first kappa shape index (κ1) is 15.1. The van der Waals surface area contributed by atoms with Gasteiger partial charge in [0.05, 0.1) is 11.8 Å². The van der Waals surface area contributed by atoms with Crippen molar-refractivity contribution in [3.05, 3.63) is 42.0 Å². The number of rotatable bonds is 4. The van der Waals surface area contributed by atoms with Crippen molar-refractivity contribution >= 4 is 23.4 Å². The van der Waals surface area contributed by atoms with Crippen LogP contribution in [0.4, 0.5) is 5.69 Å². The predicted molar refractivity (Wildman–Crippen MR) is 88.9 cm³/mol. The van der Waals surface area contributed by atoms with Crippen LogP contribution in [0.2, 0.25) is 0 Å². The molecule has 5 nitrogen and oxygen atoms in total. The highest BCUT2D eigenvalue weighted by Crippen LogP contribution is 2.52. The molecule has 5 heteroatoms. The summed E-state index contributed by atoms with van der Waals surface area (Å²) in [5.74, 6) is -0.844. The third-order valence-corrected chi connectivity index (χ3v) is 5.51. The van der Waals surface area contributed by atoms with Gasteiger partial charge in [-0.25, -0.2) is 0 Å². The van der Waals surface area contributed by atoms with Gasteiger partial charge in [0.15, 0.2) is 0 Å². The van der Waals surface area contributed by atoms with Crippen LogP contribution in [0.15, 0.2) is 36.4 Å². The highest BCUT2D eigenvalue weighted by Gasteiger charge is 2.59. The van der Waals surface area contributed by atoms with Crippen molar-refractivity contribution in [2.75, 3.05) is 11.9 Å². The molecular weight excluding hydrogens is 304 g/mol. The van der Waals surface area contributed by atoms with E-state index in [0.717, 1.165) is 17.7 Å². The number of hydrogen-bond acceptors (Lipinski definition) is 3. The number of amides is 3. The van der Waals surface area contributed by atoms with Crippen molar-refractivity contribution in [2.45, 2.75) is 19.8 Å². The standard InChI is InChI=1S/C19H20N2O3/c1-2-11-3-7-14(8-4-11)20-15(22)10-21-18(23)16-12-5-6-13(9-12)17(16)19(21)24/h3-8,12-13,16-17H,2,9-10H2,1H3,(H,20,22)/t12-,13-,16+,17+/m0/s1. The summed E-state index contributed by atoms with van der Waals surface area (Å²) in [6.07, 6.45) is 5.94. The topological polar surface area (TPSA) is 66.5 Å². The number of imide groups is 1. The number of hydrogen-bond donors (Lipinski definition) is 1. The van der Waals surface area contributed by atoms with Gasteiger partial charge < -0.3 is 5.32 Å². The van der Waals surface area contributed by atoms with Crippen LogP contribution in [0.25, 0.3) is 0 Å².